The van der Waals surface area contributed by atoms with Gasteiger partial charge in [0.05, 0.1) is 21.4 Å². The number of ether oxygens (including phenoxy) is 1. The molecule has 0 aliphatic carbocycles. The van der Waals surface area contributed by atoms with E-state index >= 15 is 4.39 Å². The molecule has 4 aromatic rings. The fraction of sp³-hybridized carbons (Fsp3) is 0.414. The van der Waals surface area contributed by atoms with Crippen molar-refractivity contribution >= 4 is 43.1 Å². The average Bonchev–Trinajstić information content (AvgIpc) is 3.56. The molecule has 0 saturated carbocycles. The normalized spacial score (nSPS) is 22.3. The Balaban J connectivity index is 1.44. The molecule has 3 saturated heterocycles. The first kappa shape index (κ1) is 28.0. The first-order chi connectivity index (χ1) is 20.5. The summed E-state index contributed by atoms with van der Waals surface area (Å²) in [5.41, 5.74) is 2.17. The van der Waals surface area contributed by atoms with Gasteiger partial charge in [0, 0.05) is 42.4 Å². The van der Waals surface area contributed by atoms with Crippen LogP contribution in [0.1, 0.15) is 36.8 Å². The van der Waals surface area contributed by atoms with Gasteiger partial charge in [-0.15, -0.1) is 11.3 Å². The monoisotopic (exact) mass is 618 g/mol. The minimum absolute atomic E-state index is 0.0474. The third-order valence-electron chi connectivity index (χ3n) is 8.78. The van der Waals surface area contributed by atoms with Crippen LogP contribution in [0.2, 0.25) is 0 Å². The predicted octanol–water partition coefficient (Wildman–Crippen LogP) is 6.43. The van der Waals surface area contributed by atoms with E-state index in [0.717, 1.165) is 37.6 Å². The molecular weight excluding hydrogens is 594 g/mol. The molecule has 2 atom stereocenters. The number of halogens is 6. The molecule has 5 heterocycles. The van der Waals surface area contributed by atoms with Crippen molar-refractivity contribution in [3.8, 4) is 23.2 Å². The highest BCUT2D eigenvalue weighted by molar-refractivity contribution is 7.23. The molecule has 2 aromatic heterocycles. The van der Waals surface area contributed by atoms with Crippen molar-refractivity contribution in [2.24, 2.45) is 0 Å². The maximum Gasteiger partial charge on any atom is 0.417 e. The number of anilines is 2. The van der Waals surface area contributed by atoms with E-state index in [-0.39, 0.29) is 56.5 Å². The van der Waals surface area contributed by atoms with Gasteiger partial charge >= 0.3 is 12.2 Å². The van der Waals surface area contributed by atoms with Crippen LogP contribution in [0, 0.1) is 23.0 Å². The van der Waals surface area contributed by atoms with Gasteiger partial charge < -0.3 is 15.4 Å². The second-order valence-corrected chi connectivity index (χ2v) is 12.3. The number of nitrogens with zero attached hydrogens (tertiary/aromatic N) is 5. The summed E-state index contributed by atoms with van der Waals surface area (Å²) >= 11 is 0.700. The van der Waals surface area contributed by atoms with Crippen LogP contribution in [0.15, 0.2) is 18.2 Å². The summed E-state index contributed by atoms with van der Waals surface area (Å²) in [6.45, 7) is 2.06. The molecule has 3 aliphatic heterocycles. The first-order valence-corrected chi connectivity index (χ1v) is 14.6. The Kier molecular flexibility index (Phi) is 6.41. The molecule has 43 heavy (non-hydrogen) atoms. The van der Waals surface area contributed by atoms with E-state index in [1.807, 2.05) is 11.0 Å². The lowest BCUT2D eigenvalue weighted by Gasteiger charge is -2.34. The molecule has 0 bridgehead atoms. The molecular formula is C29H24F6N6OS. The average molecular weight is 619 g/mol. The molecule has 2 N–H and O–H groups in total. The van der Waals surface area contributed by atoms with Crippen LogP contribution in [-0.4, -0.2) is 59.4 Å². The molecule has 0 radical (unpaired) electrons. The van der Waals surface area contributed by atoms with Crippen molar-refractivity contribution in [3.05, 3.63) is 41.0 Å². The van der Waals surface area contributed by atoms with Crippen LogP contribution in [-0.2, 0) is 6.18 Å². The Morgan fingerprint density at radius 3 is 2.65 bits per heavy atom. The van der Waals surface area contributed by atoms with Crippen LogP contribution < -0.4 is 15.4 Å². The van der Waals surface area contributed by atoms with E-state index in [9.17, 15) is 27.2 Å². The van der Waals surface area contributed by atoms with Crippen molar-refractivity contribution in [1.82, 2.24) is 14.9 Å². The van der Waals surface area contributed by atoms with Crippen molar-refractivity contribution in [2.75, 3.05) is 43.4 Å². The van der Waals surface area contributed by atoms with Gasteiger partial charge in [0.15, 0.2) is 5.82 Å². The molecule has 7 rings (SSSR count). The van der Waals surface area contributed by atoms with Crippen molar-refractivity contribution in [3.63, 3.8) is 0 Å². The van der Waals surface area contributed by atoms with Gasteiger partial charge in [-0.2, -0.15) is 28.4 Å². The lowest BCUT2D eigenvalue weighted by Crippen LogP contribution is -2.43. The fourth-order valence-corrected chi connectivity index (χ4v) is 7.62. The minimum atomic E-state index is -5.03. The predicted molar refractivity (Wildman–Crippen MR) is 150 cm³/mol. The second-order valence-electron chi connectivity index (χ2n) is 11.3. The third-order valence-corrected chi connectivity index (χ3v) is 9.81. The minimum Gasteiger partial charge on any atom is -0.461 e. The van der Waals surface area contributed by atoms with E-state index in [1.165, 1.54) is 0 Å². The van der Waals surface area contributed by atoms with Crippen molar-refractivity contribution in [1.29, 1.82) is 5.26 Å². The third kappa shape index (κ3) is 4.35. The molecule has 7 nitrogen and oxygen atoms in total. The van der Waals surface area contributed by atoms with Crippen molar-refractivity contribution < 1.29 is 31.1 Å². The Hall–Kier alpha value is -3.83. The molecule has 3 aliphatic rings. The Morgan fingerprint density at radius 1 is 1.16 bits per heavy atom. The molecule has 0 spiro atoms. The number of thiophene rings is 1. The second kappa shape index (κ2) is 9.85. The van der Waals surface area contributed by atoms with Crippen LogP contribution in [0.5, 0.6) is 6.01 Å². The first-order valence-electron chi connectivity index (χ1n) is 13.8. The number of hydrogen-bond acceptors (Lipinski definition) is 8. The van der Waals surface area contributed by atoms with E-state index in [2.05, 4.69) is 9.97 Å². The Labute approximate surface area is 245 Å². The van der Waals surface area contributed by atoms with Crippen molar-refractivity contribution in [2.45, 2.75) is 43.6 Å². The summed E-state index contributed by atoms with van der Waals surface area (Å²) in [6.07, 6.45) is -3.41. The Bertz CT molecular complexity index is 1830. The molecule has 0 amide bonds. The standard InChI is InChI=1S/C29H24F6N6OS/c30-14-10-28(5-1-8-41(28)12-14)13-42-27-38-23-16(26(39-27)40-6-2-7-40)9-18(29(33,34)35)21(22(23)32)15-3-4-19(31)24-20(15)17(11-36)25(37)43-24/h3-4,9,14H,1-2,5-8,10,12-13,37H2. The number of aromatic nitrogens is 2. The van der Waals surface area contributed by atoms with Gasteiger partial charge in [-0.05, 0) is 43.5 Å². The number of hydrogen-bond donors (Lipinski definition) is 1. The number of nitrogens with two attached hydrogens (primary N) is 1. The fourth-order valence-electron chi connectivity index (χ4n) is 6.67. The number of nitriles is 1. The number of nitrogen functional groups attached to an aromatic ring is 1. The SMILES string of the molecule is N#Cc1c(N)sc2c(F)ccc(-c3c(C(F)(F)F)cc4c(N5CCC5)nc(OCC56CCCN5CC(F)C6)nc4c3F)c12. The molecule has 224 valence electrons. The van der Waals surface area contributed by atoms with Crippen LogP contribution in [0.3, 0.4) is 0 Å². The topological polar surface area (TPSA) is 91.3 Å². The van der Waals surface area contributed by atoms with E-state index in [4.69, 9.17) is 10.5 Å². The molecule has 2 unspecified atom stereocenters. The van der Waals surface area contributed by atoms with Crippen LogP contribution in [0.4, 0.5) is 37.2 Å². The lowest BCUT2D eigenvalue weighted by molar-refractivity contribution is -0.137. The van der Waals surface area contributed by atoms with Gasteiger partial charge in [-0.1, -0.05) is 6.07 Å². The summed E-state index contributed by atoms with van der Waals surface area (Å²) in [6, 6.07) is 4.31. The highest BCUT2D eigenvalue weighted by Gasteiger charge is 2.49. The number of fused-ring (bicyclic) bond motifs is 3. The quantitative estimate of drug-likeness (QED) is 0.258. The zero-order chi connectivity index (χ0) is 30.3. The Morgan fingerprint density at radius 2 is 1.95 bits per heavy atom. The highest BCUT2D eigenvalue weighted by atomic mass is 32.1. The van der Waals surface area contributed by atoms with Gasteiger partial charge in [0.2, 0.25) is 0 Å². The zero-order valence-electron chi connectivity index (χ0n) is 22.6. The lowest BCUT2D eigenvalue weighted by atomic mass is 9.92. The van der Waals surface area contributed by atoms with E-state index in [1.54, 1.807) is 4.90 Å². The van der Waals surface area contributed by atoms with E-state index < -0.39 is 46.2 Å². The van der Waals surface area contributed by atoms with Crippen LogP contribution in [0.25, 0.3) is 32.1 Å². The largest absolute Gasteiger partial charge is 0.461 e. The smallest absolute Gasteiger partial charge is 0.417 e. The van der Waals surface area contributed by atoms with Gasteiger partial charge in [0.1, 0.15) is 41.0 Å². The number of rotatable bonds is 5. The van der Waals surface area contributed by atoms with Gasteiger partial charge in [-0.3, -0.25) is 4.90 Å². The summed E-state index contributed by atoms with van der Waals surface area (Å²) < 4.78 is 95.4. The number of benzene rings is 2. The molecule has 14 heteroatoms. The number of alkyl halides is 4. The summed E-state index contributed by atoms with van der Waals surface area (Å²) in [5, 5.41) is 9.24. The maximum absolute atomic E-state index is 16.6. The summed E-state index contributed by atoms with van der Waals surface area (Å²) in [7, 11) is 0. The molecule has 3 fully saturated rings. The van der Waals surface area contributed by atoms with Crippen LogP contribution >= 0.6 is 11.3 Å². The zero-order valence-corrected chi connectivity index (χ0v) is 23.4. The summed E-state index contributed by atoms with van der Waals surface area (Å²) in [5.74, 6) is -2.02. The molecule has 2 aromatic carbocycles. The maximum atomic E-state index is 16.6. The summed E-state index contributed by atoms with van der Waals surface area (Å²) in [4.78, 5) is 12.4. The van der Waals surface area contributed by atoms with Gasteiger partial charge in [-0.25, -0.2) is 13.2 Å². The highest BCUT2D eigenvalue weighted by Crippen LogP contribution is 2.48. The van der Waals surface area contributed by atoms with Gasteiger partial charge in [0.25, 0.3) is 0 Å². The van der Waals surface area contributed by atoms with E-state index in [0.29, 0.717) is 37.4 Å².